The summed E-state index contributed by atoms with van der Waals surface area (Å²) in [7, 11) is 0. The van der Waals surface area contributed by atoms with Crippen LogP contribution in [-0.2, 0) is 6.42 Å². The Bertz CT molecular complexity index is 507. The number of benzene rings is 1. The van der Waals surface area contributed by atoms with Crippen molar-refractivity contribution >= 4 is 11.3 Å². The predicted molar refractivity (Wildman–Crippen MR) is 84.9 cm³/mol. The van der Waals surface area contributed by atoms with E-state index < -0.39 is 0 Å². The van der Waals surface area contributed by atoms with Gasteiger partial charge in [-0.15, -0.1) is 11.3 Å². The molecule has 0 spiro atoms. The maximum Gasteiger partial charge on any atom is 0.123 e. The topological polar surface area (TPSA) is 12.0 Å². The molecule has 0 aliphatic rings. The molecule has 1 nitrogen and oxygen atoms in total. The van der Waals surface area contributed by atoms with Crippen LogP contribution in [0.2, 0.25) is 0 Å². The number of hydrogen-bond donors (Lipinski definition) is 1. The Balaban J connectivity index is 2.03. The number of thiophene rings is 1. The lowest BCUT2D eigenvalue weighted by Crippen LogP contribution is -2.28. The molecule has 1 heterocycles. The summed E-state index contributed by atoms with van der Waals surface area (Å²) in [4.78, 5) is 1.40. The van der Waals surface area contributed by atoms with Gasteiger partial charge >= 0.3 is 0 Å². The van der Waals surface area contributed by atoms with Crippen LogP contribution in [0, 0.1) is 5.82 Å². The van der Waals surface area contributed by atoms with E-state index in [0.29, 0.717) is 12.0 Å². The van der Waals surface area contributed by atoms with Gasteiger partial charge < -0.3 is 5.32 Å². The van der Waals surface area contributed by atoms with Gasteiger partial charge in [0.25, 0.3) is 0 Å². The standard InChI is InChI=1S/C17H22FNS/c1-13(2)19-12-15(8-9-17-7-4-10-20-17)14-5-3-6-16(18)11-14/h3-7,10-11,13,15,19H,8-9,12H2,1-2H3. The lowest BCUT2D eigenvalue weighted by atomic mass is 9.93. The van der Waals surface area contributed by atoms with Gasteiger partial charge in [-0.3, -0.25) is 0 Å². The third-order valence-corrected chi connectivity index (χ3v) is 4.35. The Hall–Kier alpha value is -1.19. The van der Waals surface area contributed by atoms with Crippen molar-refractivity contribution in [2.45, 2.75) is 38.6 Å². The first-order chi connectivity index (χ1) is 9.65. The van der Waals surface area contributed by atoms with Crippen LogP contribution < -0.4 is 5.32 Å². The second-order valence-corrected chi connectivity index (χ2v) is 6.47. The Kier molecular flexibility index (Phi) is 5.74. The Morgan fingerprint density at radius 1 is 1.20 bits per heavy atom. The Morgan fingerprint density at radius 3 is 2.70 bits per heavy atom. The van der Waals surface area contributed by atoms with E-state index in [4.69, 9.17) is 0 Å². The van der Waals surface area contributed by atoms with Crippen molar-refractivity contribution < 1.29 is 4.39 Å². The van der Waals surface area contributed by atoms with Gasteiger partial charge in [-0.25, -0.2) is 4.39 Å². The highest BCUT2D eigenvalue weighted by Crippen LogP contribution is 2.23. The lowest BCUT2D eigenvalue weighted by Gasteiger charge is -2.19. The highest BCUT2D eigenvalue weighted by atomic mass is 32.1. The van der Waals surface area contributed by atoms with Crippen LogP contribution in [-0.4, -0.2) is 12.6 Å². The highest BCUT2D eigenvalue weighted by molar-refractivity contribution is 7.09. The number of rotatable bonds is 7. The summed E-state index contributed by atoms with van der Waals surface area (Å²) in [5.74, 6) is 0.211. The first kappa shape index (κ1) is 15.2. The van der Waals surface area contributed by atoms with Crippen molar-refractivity contribution in [3.05, 3.63) is 58.0 Å². The molecule has 2 rings (SSSR count). The van der Waals surface area contributed by atoms with Crippen molar-refractivity contribution in [1.29, 1.82) is 0 Å². The number of aryl methyl sites for hydroxylation is 1. The average Bonchev–Trinajstić information content (AvgIpc) is 2.91. The summed E-state index contributed by atoms with van der Waals surface area (Å²) in [5.41, 5.74) is 1.09. The van der Waals surface area contributed by atoms with Crippen molar-refractivity contribution in [2.24, 2.45) is 0 Å². The maximum absolute atomic E-state index is 13.4. The number of hydrogen-bond acceptors (Lipinski definition) is 2. The van der Waals surface area contributed by atoms with Crippen LogP contribution in [0.5, 0.6) is 0 Å². The molecule has 0 aliphatic heterocycles. The molecule has 0 bridgehead atoms. The zero-order valence-electron chi connectivity index (χ0n) is 12.1. The molecule has 2 aromatic rings. The molecular formula is C17H22FNS. The first-order valence-electron chi connectivity index (χ1n) is 7.16. The first-order valence-corrected chi connectivity index (χ1v) is 8.04. The molecule has 1 N–H and O–H groups in total. The Labute approximate surface area is 124 Å². The summed E-state index contributed by atoms with van der Waals surface area (Å²) in [6.07, 6.45) is 2.10. The molecule has 0 aliphatic carbocycles. The SMILES string of the molecule is CC(C)NCC(CCc1cccs1)c1cccc(F)c1. The van der Waals surface area contributed by atoms with Crippen molar-refractivity contribution in [1.82, 2.24) is 5.32 Å². The van der Waals surface area contributed by atoms with Crippen LogP contribution in [0.4, 0.5) is 4.39 Å². The van der Waals surface area contributed by atoms with Gasteiger partial charge in [0.05, 0.1) is 0 Å². The van der Waals surface area contributed by atoms with E-state index in [9.17, 15) is 4.39 Å². The predicted octanol–water partition coefficient (Wildman–Crippen LogP) is 4.60. The average molecular weight is 291 g/mol. The van der Waals surface area contributed by atoms with Gasteiger partial charge in [0, 0.05) is 17.5 Å². The fourth-order valence-corrected chi connectivity index (χ4v) is 3.02. The van der Waals surface area contributed by atoms with Gasteiger partial charge in [-0.05, 0) is 47.9 Å². The Morgan fingerprint density at radius 2 is 2.05 bits per heavy atom. The van der Waals surface area contributed by atoms with Crippen LogP contribution in [0.3, 0.4) is 0 Å². The molecule has 0 saturated heterocycles. The van der Waals surface area contributed by atoms with E-state index in [-0.39, 0.29) is 5.82 Å². The smallest absolute Gasteiger partial charge is 0.123 e. The van der Waals surface area contributed by atoms with E-state index in [1.165, 1.54) is 10.9 Å². The molecule has 1 atom stereocenters. The van der Waals surface area contributed by atoms with Gasteiger partial charge in [0.1, 0.15) is 5.82 Å². The van der Waals surface area contributed by atoms with E-state index >= 15 is 0 Å². The second-order valence-electron chi connectivity index (χ2n) is 5.43. The molecule has 1 unspecified atom stereocenters. The molecule has 1 aromatic heterocycles. The number of halogens is 1. The van der Waals surface area contributed by atoms with Crippen LogP contribution >= 0.6 is 11.3 Å². The summed E-state index contributed by atoms with van der Waals surface area (Å²) >= 11 is 1.79. The fourth-order valence-electron chi connectivity index (χ4n) is 2.30. The molecule has 0 saturated carbocycles. The van der Waals surface area contributed by atoms with E-state index in [2.05, 4.69) is 36.7 Å². The highest BCUT2D eigenvalue weighted by Gasteiger charge is 2.13. The zero-order valence-corrected chi connectivity index (χ0v) is 12.9. The van der Waals surface area contributed by atoms with Crippen LogP contribution in [0.25, 0.3) is 0 Å². The molecular weight excluding hydrogens is 269 g/mol. The third-order valence-electron chi connectivity index (χ3n) is 3.41. The summed E-state index contributed by atoms with van der Waals surface area (Å²) in [5, 5.41) is 5.58. The van der Waals surface area contributed by atoms with Crippen molar-refractivity contribution in [3.63, 3.8) is 0 Å². The molecule has 3 heteroatoms. The normalized spacial score (nSPS) is 12.8. The van der Waals surface area contributed by atoms with E-state index in [1.807, 2.05) is 6.07 Å². The minimum Gasteiger partial charge on any atom is -0.314 e. The largest absolute Gasteiger partial charge is 0.314 e. The summed E-state index contributed by atoms with van der Waals surface area (Å²) in [6.45, 7) is 5.18. The van der Waals surface area contributed by atoms with Crippen LogP contribution in [0.1, 0.15) is 36.6 Å². The molecule has 108 valence electrons. The van der Waals surface area contributed by atoms with Crippen molar-refractivity contribution in [2.75, 3.05) is 6.54 Å². The molecule has 20 heavy (non-hydrogen) atoms. The van der Waals surface area contributed by atoms with Crippen molar-refractivity contribution in [3.8, 4) is 0 Å². The minimum atomic E-state index is -0.145. The third kappa shape index (κ3) is 4.73. The van der Waals surface area contributed by atoms with E-state index in [1.54, 1.807) is 23.5 Å². The maximum atomic E-state index is 13.4. The summed E-state index contributed by atoms with van der Waals surface area (Å²) < 4.78 is 13.4. The number of nitrogens with one attached hydrogen (secondary N) is 1. The summed E-state index contributed by atoms with van der Waals surface area (Å²) in [6, 6.07) is 11.7. The second kappa shape index (κ2) is 7.55. The van der Waals surface area contributed by atoms with E-state index in [0.717, 1.165) is 24.9 Å². The quantitative estimate of drug-likeness (QED) is 0.786. The monoisotopic (exact) mass is 291 g/mol. The molecule has 0 fully saturated rings. The molecule has 0 radical (unpaired) electrons. The minimum absolute atomic E-state index is 0.145. The lowest BCUT2D eigenvalue weighted by molar-refractivity contribution is 0.507. The van der Waals surface area contributed by atoms with Gasteiger partial charge in [-0.1, -0.05) is 32.0 Å². The zero-order chi connectivity index (χ0) is 14.4. The van der Waals surface area contributed by atoms with Crippen LogP contribution in [0.15, 0.2) is 41.8 Å². The fraction of sp³-hybridized carbons (Fsp3) is 0.412. The van der Waals surface area contributed by atoms with Gasteiger partial charge in [0.15, 0.2) is 0 Å². The molecule has 1 aromatic carbocycles. The molecule has 0 amide bonds. The van der Waals surface area contributed by atoms with Gasteiger partial charge in [-0.2, -0.15) is 0 Å². The van der Waals surface area contributed by atoms with Gasteiger partial charge in [0.2, 0.25) is 0 Å².